The molecule has 0 atom stereocenters. The van der Waals surface area contributed by atoms with Crippen molar-refractivity contribution in [3.05, 3.63) is 36.5 Å². The quantitative estimate of drug-likeness (QED) is 0.684. The van der Waals surface area contributed by atoms with Crippen molar-refractivity contribution < 1.29 is 0 Å². The molecule has 1 aliphatic heterocycles. The van der Waals surface area contributed by atoms with Crippen LogP contribution in [-0.4, -0.2) is 53.1 Å². The Kier molecular flexibility index (Phi) is 3.70. The number of benzene rings is 1. The molecule has 0 spiro atoms. The van der Waals surface area contributed by atoms with Crippen molar-refractivity contribution in [1.29, 1.82) is 0 Å². The van der Waals surface area contributed by atoms with Crippen LogP contribution in [0.25, 0.3) is 11.0 Å². The molecule has 2 aromatic heterocycles. The van der Waals surface area contributed by atoms with Crippen LogP contribution in [0, 0.1) is 0 Å². The summed E-state index contributed by atoms with van der Waals surface area (Å²) in [6.45, 7) is 4.32. The van der Waals surface area contributed by atoms with E-state index >= 15 is 0 Å². The van der Waals surface area contributed by atoms with Crippen LogP contribution in [0.5, 0.6) is 0 Å². The summed E-state index contributed by atoms with van der Waals surface area (Å²) in [7, 11) is 2.16. The Labute approximate surface area is 140 Å². The van der Waals surface area contributed by atoms with Gasteiger partial charge in [0.05, 0.1) is 5.39 Å². The second-order valence-corrected chi connectivity index (χ2v) is 6.13. The van der Waals surface area contributed by atoms with Crippen molar-refractivity contribution in [2.45, 2.75) is 0 Å². The molecule has 3 aromatic rings. The van der Waals surface area contributed by atoms with E-state index in [1.165, 1.54) is 5.69 Å². The van der Waals surface area contributed by atoms with Gasteiger partial charge < -0.3 is 25.8 Å². The van der Waals surface area contributed by atoms with E-state index in [-0.39, 0.29) is 0 Å². The van der Waals surface area contributed by atoms with Gasteiger partial charge in [-0.25, -0.2) is 0 Å². The van der Waals surface area contributed by atoms with Crippen LogP contribution in [0.2, 0.25) is 0 Å². The highest BCUT2D eigenvalue weighted by molar-refractivity contribution is 5.87. The number of H-pyrrole nitrogens is 1. The van der Waals surface area contributed by atoms with Crippen LogP contribution >= 0.6 is 0 Å². The predicted octanol–water partition coefficient (Wildman–Crippen LogP) is 2.04. The summed E-state index contributed by atoms with van der Waals surface area (Å²) in [5, 5.41) is 4.05. The summed E-state index contributed by atoms with van der Waals surface area (Å²) in [5.74, 6) is 0.965. The lowest BCUT2D eigenvalue weighted by Gasteiger charge is -2.34. The van der Waals surface area contributed by atoms with Gasteiger partial charge in [-0.15, -0.1) is 0 Å². The van der Waals surface area contributed by atoms with E-state index in [0.717, 1.165) is 42.9 Å². The van der Waals surface area contributed by atoms with Crippen LogP contribution in [0.15, 0.2) is 36.5 Å². The number of nitrogens with two attached hydrogens (primary N) is 1. The molecule has 1 aliphatic rings. The summed E-state index contributed by atoms with van der Waals surface area (Å²) in [4.78, 5) is 16.6. The van der Waals surface area contributed by atoms with Gasteiger partial charge in [-0.1, -0.05) is 0 Å². The van der Waals surface area contributed by atoms with Crippen LogP contribution in [0.4, 0.5) is 23.1 Å². The first kappa shape index (κ1) is 14.8. The van der Waals surface area contributed by atoms with E-state index in [1.54, 1.807) is 0 Å². The van der Waals surface area contributed by atoms with Crippen LogP contribution in [0.1, 0.15) is 0 Å². The van der Waals surface area contributed by atoms with Gasteiger partial charge in [0.2, 0.25) is 5.95 Å². The Morgan fingerprint density at radius 3 is 2.54 bits per heavy atom. The molecule has 0 bridgehead atoms. The second-order valence-electron chi connectivity index (χ2n) is 6.13. The van der Waals surface area contributed by atoms with Gasteiger partial charge in [0.25, 0.3) is 0 Å². The van der Waals surface area contributed by atoms with Crippen molar-refractivity contribution >= 4 is 34.2 Å². The molecule has 24 heavy (non-hydrogen) atoms. The maximum absolute atomic E-state index is 5.97. The monoisotopic (exact) mass is 323 g/mol. The number of nitrogens with zero attached hydrogens (tertiary/aromatic N) is 4. The van der Waals surface area contributed by atoms with Crippen molar-refractivity contribution in [3.63, 3.8) is 0 Å². The van der Waals surface area contributed by atoms with Crippen LogP contribution in [0.3, 0.4) is 0 Å². The predicted molar refractivity (Wildman–Crippen MR) is 97.7 cm³/mol. The Balaban J connectivity index is 1.50. The highest BCUT2D eigenvalue weighted by atomic mass is 15.2. The number of fused-ring (bicyclic) bond motifs is 1. The maximum atomic E-state index is 5.97. The van der Waals surface area contributed by atoms with E-state index in [4.69, 9.17) is 5.73 Å². The minimum Gasteiger partial charge on any atom is -0.383 e. The Bertz CT molecular complexity index is 832. The summed E-state index contributed by atoms with van der Waals surface area (Å²) in [6, 6.07) is 10.2. The molecule has 1 saturated heterocycles. The fraction of sp³-hybridized carbons (Fsp3) is 0.294. The number of anilines is 4. The molecule has 0 amide bonds. The van der Waals surface area contributed by atoms with Gasteiger partial charge in [0.1, 0.15) is 11.5 Å². The molecule has 1 fully saturated rings. The van der Waals surface area contributed by atoms with Gasteiger partial charge >= 0.3 is 0 Å². The first-order chi connectivity index (χ1) is 11.7. The molecule has 1 aromatic carbocycles. The standard InChI is InChI=1S/C17H21N7/c1-23-8-10-24(11-9-23)13-4-2-12(3-5-13)20-17-21-15(18)14-6-7-19-16(14)22-17/h2-7H,8-11H2,1H3,(H4,18,19,20,21,22). The number of rotatable bonds is 3. The smallest absolute Gasteiger partial charge is 0.231 e. The van der Waals surface area contributed by atoms with Gasteiger partial charge in [0, 0.05) is 43.8 Å². The summed E-state index contributed by atoms with van der Waals surface area (Å²) < 4.78 is 0. The fourth-order valence-electron chi connectivity index (χ4n) is 2.97. The summed E-state index contributed by atoms with van der Waals surface area (Å²) in [5.41, 5.74) is 8.89. The lowest BCUT2D eigenvalue weighted by atomic mass is 10.2. The number of piperazine rings is 1. The van der Waals surface area contributed by atoms with Gasteiger partial charge in [0.15, 0.2) is 0 Å². The van der Waals surface area contributed by atoms with Crippen molar-refractivity contribution in [3.8, 4) is 0 Å². The highest BCUT2D eigenvalue weighted by Gasteiger charge is 2.14. The third-order valence-corrected chi connectivity index (χ3v) is 4.44. The van der Waals surface area contributed by atoms with Gasteiger partial charge in [-0.05, 0) is 37.4 Å². The van der Waals surface area contributed by atoms with E-state index in [0.29, 0.717) is 11.8 Å². The van der Waals surface area contributed by atoms with Crippen molar-refractivity contribution in [2.75, 3.05) is 49.2 Å². The molecule has 124 valence electrons. The SMILES string of the molecule is CN1CCN(c2ccc(Nc3nc(N)c4cc[nH]c4n3)cc2)CC1. The molecule has 0 radical (unpaired) electrons. The lowest BCUT2D eigenvalue weighted by Crippen LogP contribution is -2.44. The topological polar surface area (TPSA) is 86.1 Å². The molecule has 4 N–H and O–H groups in total. The number of likely N-dealkylation sites (N-methyl/N-ethyl adjacent to an activating group) is 1. The van der Waals surface area contributed by atoms with E-state index in [2.05, 4.69) is 49.2 Å². The third-order valence-electron chi connectivity index (χ3n) is 4.44. The van der Waals surface area contributed by atoms with E-state index in [9.17, 15) is 0 Å². The zero-order valence-corrected chi connectivity index (χ0v) is 13.7. The van der Waals surface area contributed by atoms with Crippen LogP contribution < -0.4 is 16.0 Å². The molecule has 3 heterocycles. The summed E-state index contributed by atoms with van der Waals surface area (Å²) in [6.07, 6.45) is 1.81. The van der Waals surface area contributed by atoms with Crippen molar-refractivity contribution in [2.24, 2.45) is 0 Å². The zero-order valence-electron chi connectivity index (χ0n) is 13.7. The molecule has 0 saturated carbocycles. The third kappa shape index (κ3) is 2.85. The number of aromatic amines is 1. The molecular weight excluding hydrogens is 302 g/mol. The maximum Gasteiger partial charge on any atom is 0.231 e. The first-order valence-electron chi connectivity index (χ1n) is 8.10. The van der Waals surface area contributed by atoms with E-state index < -0.39 is 0 Å². The molecule has 7 nitrogen and oxygen atoms in total. The lowest BCUT2D eigenvalue weighted by molar-refractivity contribution is 0.313. The summed E-state index contributed by atoms with van der Waals surface area (Å²) >= 11 is 0. The average Bonchev–Trinajstić information content (AvgIpc) is 3.05. The zero-order chi connectivity index (χ0) is 16.5. The van der Waals surface area contributed by atoms with E-state index in [1.807, 2.05) is 24.4 Å². The minimum absolute atomic E-state index is 0.470. The average molecular weight is 323 g/mol. The Morgan fingerprint density at radius 2 is 1.79 bits per heavy atom. The molecule has 0 unspecified atom stereocenters. The number of aromatic nitrogens is 3. The Hall–Kier alpha value is -2.80. The minimum atomic E-state index is 0.470. The number of nitrogens with one attached hydrogen (secondary N) is 2. The molecular formula is C17H21N7. The number of hydrogen-bond acceptors (Lipinski definition) is 6. The number of hydrogen-bond donors (Lipinski definition) is 3. The second kappa shape index (κ2) is 6.01. The first-order valence-corrected chi connectivity index (χ1v) is 8.10. The van der Waals surface area contributed by atoms with Gasteiger partial charge in [-0.3, -0.25) is 0 Å². The molecule has 7 heteroatoms. The molecule has 0 aliphatic carbocycles. The molecule has 4 rings (SSSR count). The number of nitrogen functional groups attached to an aromatic ring is 1. The van der Waals surface area contributed by atoms with Crippen LogP contribution in [-0.2, 0) is 0 Å². The largest absolute Gasteiger partial charge is 0.383 e. The normalized spacial score (nSPS) is 15.8. The fourth-order valence-corrected chi connectivity index (χ4v) is 2.97. The highest BCUT2D eigenvalue weighted by Crippen LogP contribution is 2.23. The van der Waals surface area contributed by atoms with Crippen molar-refractivity contribution in [1.82, 2.24) is 19.9 Å². The Morgan fingerprint density at radius 1 is 1.04 bits per heavy atom. The van der Waals surface area contributed by atoms with Gasteiger partial charge in [-0.2, -0.15) is 9.97 Å².